The number of hydrogen-bond donors (Lipinski definition) is 1. The van der Waals surface area contributed by atoms with Gasteiger partial charge in [-0.3, -0.25) is 9.59 Å². The van der Waals surface area contributed by atoms with E-state index < -0.39 is 5.92 Å². The quantitative estimate of drug-likeness (QED) is 0.689. The molecule has 0 aliphatic carbocycles. The number of amides is 1. The molecule has 0 saturated carbocycles. The number of nitrogens with zero attached hydrogens (tertiary/aromatic N) is 1. The van der Waals surface area contributed by atoms with E-state index in [1.807, 2.05) is 11.0 Å². The van der Waals surface area contributed by atoms with Crippen LogP contribution in [0.15, 0.2) is 24.3 Å². The van der Waals surface area contributed by atoms with Crippen LogP contribution in [-0.4, -0.2) is 35.4 Å². The Kier molecular flexibility index (Phi) is 4.02. The molecule has 25 heavy (non-hydrogen) atoms. The van der Waals surface area contributed by atoms with Crippen LogP contribution in [0.3, 0.4) is 0 Å². The van der Waals surface area contributed by atoms with Crippen LogP contribution in [0, 0.1) is 11.8 Å². The monoisotopic (exact) mass is 340 g/mol. The van der Waals surface area contributed by atoms with Crippen molar-refractivity contribution in [3.05, 3.63) is 35.5 Å². The normalized spacial score (nSPS) is 25.6. The van der Waals surface area contributed by atoms with Crippen LogP contribution in [0.25, 0.3) is 10.9 Å². The van der Waals surface area contributed by atoms with E-state index in [1.54, 1.807) is 0 Å². The van der Waals surface area contributed by atoms with Gasteiger partial charge in [0.15, 0.2) is 0 Å². The molecule has 4 rings (SSSR count). The molecule has 0 unspecified atom stereocenters. The lowest BCUT2D eigenvalue weighted by atomic mass is 9.76. The predicted octanol–water partition coefficient (Wildman–Crippen LogP) is 3.20. The molecule has 1 aromatic carbocycles. The average Bonchev–Trinajstić information content (AvgIpc) is 3.01. The summed E-state index contributed by atoms with van der Waals surface area (Å²) in [6.07, 6.45) is 3.47. The van der Waals surface area contributed by atoms with Gasteiger partial charge in [-0.2, -0.15) is 0 Å². The third-order valence-corrected chi connectivity index (χ3v) is 5.82. The molecule has 1 amide bonds. The van der Waals surface area contributed by atoms with Gasteiger partial charge in [0.05, 0.1) is 13.2 Å². The maximum Gasteiger partial charge on any atom is 0.318 e. The Morgan fingerprint density at radius 3 is 2.92 bits per heavy atom. The van der Waals surface area contributed by atoms with Crippen LogP contribution in [0.5, 0.6) is 0 Å². The number of H-pyrrole nitrogens is 1. The van der Waals surface area contributed by atoms with Crippen molar-refractivity contribution in [2.75, 3.05) is 13.7 Å². The minimum atomic E-state index is -0.646. The Morgan fingerprint density at radius 1 is 1.36 bits per heavy atom. The summed E-state index contributed by atoms with van der Waals surface area (Å²) in [6.45, 7) is 2.77. The van der Waals surface area contributed by atoms with E-state index in [9.17, 15) is 9.59 Å². The molecular formula is C20H24N2O3. The Morgan fingerprint density at radius 2 is 2.16 bits per heavy atom. The Bertz CT molecular complexity index is 825. The molecule has 2 aliphatic heterocycles. The van der Waals surface area contributed by atoms with Crippen LogP contribution in [-0.2, 0) is 20.7 Å². The number of ether oxygens (including phenoxy) is 1. The molecule has 0 spiro atoms. The van der Waals surface area contributed by atoms with E-state index in [0.717, 1.165) is 36.9 Å². The van der Waals surface area contributed by atoms with Crippen molar-refractivity contribution in [2.24, 2.45) is 11.8 Å². The average molecular weight is 340 g/mol. The van der Waals surface area contributed by atoms with Gasteiger partial charge in [0.1, 0.15) is 5.92 Å². The first-order valence-electron chi connectivity index (χ1n) is 9.13. The minimum Gasteiger partial charge on any atom is -0.468 e. The van der Waals surface area contributed by atoms with Crippen LogP contribution >= 0.6 is 0 Å². The highest BCUT2D eigenvalue weighted by molar-refractivity contribution is 5.99. The molecule has 3 heterocycles. The summed E-state index contributed by atoms with van der Waals surface area (Å²) in [5.74, 6) is -1.05. The molecule has 1 N–H and O–H groups in total. The number of esters is 1. The van der Waals surface area contributed by atoms with Gasteiger partial charge in [-0.1, -0.05) is 31.5 Å². The number of aromatic nitrogens is 1. The molecular weight excluding hydrogens is 316 g/mol. The molecule has 1 saturated heterocycles. The first-order chi connectivity index (χ1) is 12.2. The fourth-order valence-corrected chi connectivity index (χ4v) is 4.71. The van der Waals surface area contributed by atoms with E-state index in [0.29, 0.717) is 6.54 Å². The number of aromatic amines is 1. The van der Waals surface area contributed by atoms with Gasteiger partial charge in [0, 0.05) is 23.1 Å². The molecule has 3 atom stereocenters. The summed E-state index contributed by atoms with van der Waals surface area (Å²) >= 11 is 0. The number of hydrogen-bond acceptors (Lipinski definition) is 3. The van der Waals surface area contributed by atoms with Gasteiger partial charge < -0.3 is 14.6 Å². The third-order valence-electron chi connectivity index (χ3n) is 5.82. The highest BCUT2D eigenvalue weighted by Gasteiger charge is 2.48. The first kappa shape index (κ1) is 16.2. The van der Waals surface area contributed by atoms with Crippen LogP contribution in [0.1, 0.15) is 43.5 Å². The molecule has 1 fully saturated rings. The second kappa shape index (κ2) is 6.21. The number of carbonyl (C=O) groups is 2. The zero-order valence-electron chi connectivity index (χ0n) is 14.7. The number of nitrogens with one attached hydrogen (secondary N) is 1. The summed E-state index contributed by atoms with van der Waals surface area (Å²) in [5.41, 5.74) is 3.62. The van der Waals surface area contributed by atoms with Crippen molar-refractivity contribution < 1.29 is 14.3 Å². The van der Waals surface area contributed by atoms with Gasteiger partial charge in [-0.15, -0.1) is 0 Å². The van der Waals surface area contributed by atoms with Crippen LogP contribution < -0.4 is 0 Å². The minimum absolute atomic E-state index is 0.0427. The second-order valence-electron chi connectivity index (χ2n) is 7.15. The van der Waals surface area contributed by atoms with Crippen molar-refractivity contribution in [1.29, 1.82) is 0 Å². The molecule has 0 bridgehead atoms. The molecule has 132 valence electrons. The summed E-state index contributed by atoms with van der Waals surface area (Å²) in [7, 11) is 1.37. The lowest BCUT2D eigenvalue weighted by Gasteiger charge is -2.45. The molecule has 1 aromatic heterocycles. The van der Waals surface area contributed by atoms with Crippen LogP contribution in [0.4, 0.5) is 0 Å². The fraction of sp³-hybridized carbons (Fsp3) is 0.500. The maximum atomic E-state index is 13.1. The number of fused-ring (bicyclic) bond motifs is 5. The van der Waals surface area contributed by atoms with E-state index in [4.69, 9.17) is 4.74 Å². The van der Waals surface area contributed by atoms with Crippen molar-refractivity contribution in [1.82, 2.24) is 9.88 Å². The van der Waals surface area contributed by atoms with Crippen molar-refractivity contribution >= 4 is 22.8 Å². The van der Waals surface area contributed by atoms with E-state index in [1.165, 1.54) is 18.1 Å². The van der Waals surface area contributed by atoms with Crippen molar-refractivity contribution in [3.63, 3.8) is 0 Å². The zero-order chi connectivity index (χ0) is 17.6. The topological polar surface area (TPSA) is 62.4 Å². The Balaban J connectivity index is 1.75. The SMILES string of the molecule is CCC[C@@H]1C[C@@H]2c3[nH]c4ccccc4c3CCN2C(=O)[C@H]1C(=O)OC. The summed E-state index contributed by atoms with van der Waals surface area (Å²) in [6, 6.07) is 8.36. The molecule has 5 heteroatoms. The largest absolute Gasteiger partial charge is 0.468 e. The van der Waals surface area contributed by atoms with Gasteiger partial charge in [0.25, 0.3) is 0 Å². The standard InChI is InChI=1S/C20H24N2O3/c1-3-6-12-11-16-18-14(13-7-4-5-8-15(13)21-18)9-10-22(16)19(23)17(12)20(24)25-2/h4-5,7-8,12,16-17,21H,3,6,9-11H2,1-2H3/t12-,16-,17+/m1/s1. The highest BCUT2D eigenvalue weighted by Crippen LogP contribution is 2.44. The number of piperidine rings is 1. The number of para-hydroxylation sites is 1. The van der Waals surface area contributed by atoms with Crippen molar-refractivity contribution in [2.45, 2.75) is 38.6 Å². The van der Waals surface area contributed by atoms with Crippen molar-refractivity contribution in [3.8, 4) is 0 Å². The van der Waals surface area contributed by atoms with Gasteiger partial charge in [-0.05, 0) is 36.8 Å². The lowest BCUT2D eigenvalue weighted by Crippen LogP contribution is -2.52. The molecule has 5 nitrogen and oxygen atoms in total. The zero-order valence-corrected chi connectivity index (χ0v) is 14.7. The van der Waals surface area contributed by atoms with E-state index >= 15 is 0 Å². The lowest BCUT2D eigenvalue weighted by molar-refractivity contribution is -0.162. The van der Waals surface area contributed by atoms with E-state index in [2.05, 4.69) is 30.1 Å². The smallest absolute Gasteiger partial charge is 0.318 e. The summed E-state index contributed by atoms with van der Waals surface area (Å²) < 4.78 is 4.94. The maximum absolute atomic E-state index is 13.1. The Hall–Kier alpha value is -2.30. The number of methoxy groups -OCH3 is 1. The highest BCUT2D eigenvalue weighted by atomic mass is 16.5. The number of benzene rings is 1. The van der Waals surface area contributed by atoms with E-state index in [-0.39, 0.29) is 23.8 Å². The van der Waals surface area contributed by atoms with Gasteiger partial charge in [-0.25, -0.2) is 0 Å². The third kappa shape index (κ3) is 2.44. The number of rotatable bonds is 3. The predicted molar refractivity (Wildman–Crippen MR) is 95.0 cm³/mol. The molecule has 0 radical (unpaired) electrons. The summed E-state index contributed by atoms with van der Waals surface area (Å²) in [5, 5.41) is 1.26. The Labute approximate surface area is 147 Å². The molecule has 2 aliphatic rings. The summed E-state index contributed by atoms with van der Waals surface area (Å²) in [4.78, 5) is 30.8. The fourth-order valence-electron chi connectivity index (χ4n) is 4.71. The second-order valence-corrected chi connectivity index (χ2v) is 7.15. The molecule has 2 aromatic rings. The number of carbonyl (C=O) groups excluding carboxylic acids is 2. The first-order valence-corrected chi connectivity index (χ1v) is 9.13. The van der Waals surface area contributed by atoms with Crippen LogP contribution in [0.2, 0.25) is 0 Å². The van der Waals surface area contributed by atoms with Gasteiger partial charge in [0.2, 0.25) is 5.91 Å². The van der Waals surface area contributed by atoms with Gasteiger partial charge >= 0.3 is 5.97 Å².